The van der Waals surface area contributed by atoms with E-state index >= 15 is 0 Å². The minimum atomic E-state index is 0.754. The molecule has 0 atom stereocenters. The number of aromatic nitrogens is 3. The van der Waals surface area contributed by atoms with Gasteiger partial charge in [0, 0.05) is 6.54 Å². The molecule has 4 nitrogen and oxygen atoms in total. The van der Waals surface area contributed by atoms with E-state index in [-0.39, 0.29) is 0 Å². The van der Waals surface area contributed by atoms with Crippen LogP contribution in [0.5, 0.6) is 0 Å². The van der Waals surface area contributed by atoms with Gasteiger partial charge in [-0.25, -0.2) is 0 Å². The molecule has 0 unspecified atom stereocenters. The van der Waals surface area contributed by atoms with Gasteiger partial charge in [0.25, 0.3) is 0 Å². The van der Waals surface area contributed by atoms with E-state index < -0.39 is 0 Å². The predicted octanol–water partition coefficient (Wildman–Crippen LogP) is 2.32. The Morgan fingerprint density at radius 1 is 1.28 bits per heavy atom. The van der Waals surface area contributed by atoms with Gasteiger partial charge in [-0.15, -0.1) is 0 Å². The first-order valence-corrected chi connectivity index (χ1v) is 6.18. The lowest BCUT2D eigenvalue weighted by molar-refractivity contribution is 0.665. The van der Waals surface area contributed by atoms with Crippen molar-refractivity contribution in [3.8, 4) is 5.69 Å². The molecule has 4 heteroatoms. The van der Waals surface area contributed by atoms with E-state index in [1.165, 1.54) is 0 Å². The Morgan fingerprint density at radius 3 is 2.89 bits per heavy atom. The maximum absolute atomic E-state index is 4.42. The molecule has 1 heterocycles. The number of allylic oxidation sites excluding steroid dienone is 1. The fraction of sp³-hybridized carbons (Fsp3) is 0.286. The molecule has 0 aliphatic carbocycles. The highest BCUT2D eigenvalue weighted by Gasteiger charge is 2.01. The lowest BCUT2D eigenvalue weighted by atomic mass is 10.3. The number of hydrogen-bond acceptors (Lipinski definition) is 3. The highest BCUT2D eigenvalue weighted by atomic mass is 15.5. The van der Waals surface area contributed by atoms with Gasteiger partial charge in [-0.2, -0.15) is 15.0 Å². The van der Waals surface area contributed by atoms with Crippen molar-refractivity contribution in [1.82, 2.24) is 20.3 Å². The van der Waals surface area contributed by atoms with E-state index in [9.17, 15) is 0 Å². The van der Waals surface area contributed by atoms with Crippen LogP contribution in [0, 0.1) is 0 Å². The number of nitrogens with zero attached hydrogens (tertiary/aromatic N) is 3. The largest absolute Gasteiger partial charge is 0.311 e. The summed E-state index contributed by atoms with van der Waals surface area (Å²) in [6.45, 7) is 3.75. The van der Waals surface area contributed by atoms with Crippen molar-refractivity contribution in [2.24, 2.45) is 0 Å². The van der Waals surface area contributed by atoms with E-state index in [0.29, 0.717) is 0 Å². The average molecular weight is 242 g/mol. The molecule has 0 amide bonds. The molecule has 0 spiro atoms. The highest BCUT2D eigenvalue weighted by Crippen LogP contribution is 2.03. The van der Waals surface area contributed by atoms with Gasteiger partial charge >= 0.3 is 0 Å². The van der Waals surface area contributed by atoms with Crippen LogP contribution < -0.4 is 5.32 Å². The summed E-state index contributed by atoms with van der Waals surface area (Å²) in [6, 6.07) is 9.92. The van der Waals surface area contributed by atoms with Crippen molar-refractivity contribution < 1.29 is 0 Å². The van der Waals surface area contributed by atoms with Gasteiger partial charge in [0.05, 0.1) is 17.6 Å². The molecule has 0 fully saturated rings. The number of rotatable bonds is 6. The monoisotopic (exact) mass is 242 g/mol. The van der Waals surface area contributed by atoms with Gasteiger partial charge in [-0.1, -0.05) is 30.4 Å². The fourth-order valence-corrected chi connectivity index (χ4v) is 1.63. The predicted molar refractivity (Wildman–Crippen MR) is 72.5 cm³/mol. The summed E-state index contributed by atoms with van der Waals surface area (Å²) in [4.78, 5) is 1.66. The maximum Gasteiger partial charge on any atom is 0.0969 e. The van der Waals surface area contributed by atoms with E-state index in [1.54, 1.807) is 11.0 Å². The smallest absolute Gasteiger partial charge is 0.0969 e. The normalized spacial score (nSPS) is 11.2. The molecule has 0 saturated carbocycles. The SMILES string of the molecule is C/C=C/CCNCc1cnn(-c2ccccc2)n1. The second kappa shape index (κ2) is 6.71. The van der Waals surface area contributed by atoms with Crippen LogP contribution in [0.25, 0.3) is 5.69 Å². The van der Waals surface area contributed by atoms with Crippen LogP contribution >= 0.6 is 0 Å². The number of nitrogens with one attached hydrogen (secondary N) is 1. The minimum absolute atomic E-state index is 0.754. The van der Waals surface area contributed by atoms with Crippen LogP contribution in [0.3, 0.4) is 0 Å². The molecule has 0 aliphatic heterocycles. The molecular weight excluding hydrogens is 224 g/mol. The molecule has 2 rings (SSSR count). The molecule has 0 aliphatic rings. The summed E-state index contributed by atoms with van der Waals surface area (Å²) >= 11 is 0. The standard InChI is InChI=1S/C14H18N4/c1-2-3-7-10-15-11-13-12-16-18(17-13)14-8-5-4-6-9-14/h2-6,8-9,12,15H,7,10-11H2,1H3/b3-2+. The van der Waals surface area contributed by atoms with Crippen molar-refractivity contribution in [2.45, 2.75) is 19.9 Å². The Hall–Kier alpha value is -1.94. The van der Waals surface area contributed by atoms with E-state index in [4.69, 9.17) is 0 Å². The highest BCUT2D eigenvalue weighted by molar-refractivity contribution is 5.28. The average Bonchev–Trinajstić information content (AvgIpc) is 2.88. The van der Waals surface area contributed by atoms with Crippen LogP contribution in [0.1, 0.15) is 19.0 Å². The van der Waals surface area contributed by atoms with Crippen molar-refractivity contribution in [3.63, 3.8) is 0 Å². The number of benzene rings is 1. The molecule has 2 aromatic rings. The lowest BCUT2D eigenvalue weighted by Crippen LogP contribution is -2.14. The van der Waals surface area contributed by atoms with E-state index in [1.807, 2.05) is 37.3 Å². The Kier molecular flexibility index (Phi) is 4.67. The molecule has 0 bridgehead atoms. The van der Waals surface area contributed by atoms with Crippen LogP contribution in [-0.2, 0) is 6.54 Å². The molecule has 1 N–H and O–H groups in total. The lowest BCUT2D eigenvalue weighted by Gasteiger charge is -1.99. The van der Waals surface area contributed by atoms with E-state index in [2.05, 4.69) is 27.7 Å². The summed E-state index contributed by atoms with van der Waals surface area (Å²) in [5.41, 5.74) is 1.94. The summed E-state index contributed by atoms with van der Waals surface area (Å²) in [5, 5.41) is 12.0. The Balaban J connectivity index is 1.87. The quantitative estimate of drug-likeness (QED) is 0.624. The molecule has 0 saturated heterocycles. The van der Waals surface area contributed by atoms with Crippen molar-refractivity contribution in [3.05, 3.63) is 54.4 Å². The second-order valence-electron chi connectivity index (χ2n) is 4.00. The van der Waals surface area contributed by atoms with Crippen molar-refractivity contribution in [2.75, 3.05) is 6.54 Å². The Labute approximate surface area is 107 Å². The van der Waals surface area contributed by atoms with Gasteiger partial charge < -0.3 is 5.32 Å². The first-order chi connectivity index (χ1) is 8.90. The van der Waals surface area contributed by atoms with Gasteiger partial charge in [0.15, 0.2) is 0 Å². The van der Waals surface area contributed by atoms with Crippen LogP contribution in [0.4, 0.5) is 0 Å². The molecule has 18 heavy (non-hydrogen) atoms. The fourth-order valence-electron chi connectivity index (χ4n) is 1.63. The minimum Gasteiger partial charge on any atom is -0.311 e. The summed E-state index contributed by atoms with van der Waals surface area (Å²) in [6.07, 6.45) is 7.06. The number of para-hydroxylation sites is 1. The van der Waals surface area contributed by atoms with Gasteiger partial charge in [-0.3, -0.25) is 0 Å². The van der Waals surface area contributed by atoms with Crippen LogP contribution in [0.15, 0.2) is 48.7 Å². The zero-order valence-corrected chi connectivity index (χ0v) is 10.6. The van der Waals surface area contributed by atoms with Gasteiger partial charge in [0.1, 0.15) is 0 Å². The van der Waals surface area contributed by atoms with Crippen LogP contribution in [0.2, 0.25) is 0 Å². The maximum atomic E-state index is 4.42. The molecular formula is C14H18N4. The third-order valence-electron chi connectivity index (χ3n) is 2.56. The van der Waals surface area contributed by atoms with Gasteiger partial charge in [-0.05, 0) is 32.0 Å². The van der Waals surface area contributed by atoms with Crippen molar-refractivity contribution in [1.29, 1.82) is 0 Å². The molecule has 0 radical (unpaired) electrons. The zero-order chi connectivity index (χ0) is 12.6. The summed E-state index contributed by atoms with van der Waals surface area (Å²) in [5.74, 6) is 0. The Morgan fingerprint density at radius 2 is 2.11 bits per heavy atom. The third kappa shape index (κ3) is 3.53. The van der Waals surface area contributed by atoms with E-state index in [0.717, 1.165) is 30.9 Å². The number of hydrogen-bond donors (Lipinski definition) is 1. The van der Waals surface area contributed by atoms with Crippen LogP contribution in [-0.4, -0.2) is 21.5 Å². The molecule has 94 valence electrons. The van der Waals surface area contributed by atoms with Crippen molar-refractivity contribution >= 4 is 0 Å². The Bertz CT molecular complexity index is 488. The summed E-state index contributed by atoms with van der Waals surface area (Å²) < 4.78 is 0. The molecule has 1 aromatic heterocycles. The van der Waals surface area contributed by atoms with Gasteiger partial charge in [0.2, 0.25) is 0 Å². The first-order valence-electron chi connectivity index (χ1n) is 6.18. The second-order valence-corrected chi connectivity index (χ2v) is 4.00. The topological polar surface area (TPSA) is 42.7 Å². The third-order valence-corrected chi connectivity index (χ3v) is 2.56. The first kappa shape index (κ1) is 12.5. The molecule has 1 aromatic carbocycles. The summed E-state index contributed by atoms with van der Waals surface area (Å²) in [7, 11) is 0. The zero-order valence-electron chi connectivity index (χ0n) is 10.6.